The molecule has 2 aromatic carbocycles. The van der Waals surface area contributed by atoms with Crippen LogP contribution in [0.25, 0.3) is 10.8 Å². The number of nitrogens with one attached hydrogen (secondary N) is 1. The molecule has 3 aromatic rings. The Morgan fingerprint density at radius 1 is 1.06 bits per heavy atom. The summed E-state index contributed by atoms with van der Waals surface area (Å²) in [5.74, 6) is 0.0849. The molecule has 178 valence electrons. The van der Waals surface area contributed by atoms with E-state index < -0.39 is 5.91 Å². The van der Waals surface area contributed by atoms with Gasteiger partial charge in [0.15, 0.2) is 0 Å². The molecule has 7 heteroatoms. The summed E-state index contributed by atoms with van der Waals surface area (Å²) in [7, 11) is 0. The quantitative estimate of drug-likeness (QED) is 0.566. The number of hydrogen-bond acceptors (Lipinski definition) is 5. The molecule has 34 heavy (non-hydrogen) atoms. The number of fused-ring (bicyclic) bond motifs is 2. The lowest BCUT2D eigenvalue weighted by atomic mass is 9.88. The Hall–Kier alpha value is -2.74. The predicted octanol–water partition coefficient (Wildman–Crippen LogP) is 3.88. The Bertz CT molecular complexity index is 1210. The van der Waals surface area contributed by atoms with E-state index >= 15 is 0 Å². The van der Waals surface area contributed by atoms with E-state index in [9.17, 15) is 9.59 Å². The van der Waals surface area contributed by atoms with Gasteiger partial charge in [-0.25, -0.2) is 0 Å². The van der Waals surface area contributed by atoms with E-state index in [0.29, 0.717) is 23.0 Å². The zero-order chi connectivity index (χ0) is 23.7. The number of amides is 2. The lowest BCUT2D eigenvalue weighted by Gasteiger charge is -2.34. The summed E-state index contributed by atoms with van der Waals surface area (Å²) in [4.78, 5) is 30.8. The number of thiophene rings is 1. The van der Waals surface area contributed by atoms with Crippen molar-refractivity contribution >= 4 is 38.9 Å². The van der Waals surface area contributed by atoms with Crippen LogP contribution in [-0.4, -0.2) is 54.3 Å². The van der Waals surface area contributed by atoms with Crippen LogP contribution in [0.4, 0.5) is 5.00 Å². The molecule has 2 aliphatic rings. The second-order valence-corrected chi connectivity index (χ2v) is 10.8. The van der Waals surface area contributed by atoms with Crippen LogP contribution in [0, 0.1) is 5.92 Å². The number of carbonyl (C=O) groups excluding carboxylic acids is 2. The highest BCUT2D eigenvalue weighted by Gasteiger charge is 2.28. The van der Waals surface area contributed by atoms with E-state index in [0.717, 1.165) is 57.5 Å². The fourth-order valence-electron chi connectivity index (χ4n) is 5.25. The molecule has 1 aliphatic heterocycles. The lowest BCUT2D eigenvalue weighted by molar-refractivity contribution is -0.117. The van der Waals surface area contributed by atoms with Crippen LogP contribution in [0.1, 0.15) is 39.7 Å². The Labute approximate surface area is 204 Å². The predicted molar refractivity (Wildman–Crippen MR) is 138 cm³/mol. The first kappa shape index (κ1) is 23.0. The molecular formula is C27H32N4O2S. The highest BCUT2D eigenvalue weighted by molar-refractivity contribution is 7.17. The third-order valence-corrected chi connectivity index (χ3v) is 8.29. The topological polar surface area (TPSA) is 78.7 Å². The maximum atomic E-state index is 12.8. The van der Waals surface area contributed by atoms with E-state index in [1.165, 1.54) is 32.5 Å². The van der Waals surface area contributed by atoms with Gasteiger partial charge in [-0.05, 0) is 47.1 Å². The van der Waals surface area contributed by atoms with Gasteiger partial charge in [-0.3, -0.25) is 19.4 Å². The van der Waals surface area contributed by atoms with Gasteiger partial charge in [0.05, 0.1) is 12.1 Å². The van der Waals surface area contributed by atoms with Crippen LogP contribution >= 0.6 is 11.3 Å². The van der Waals surface area contributed by atoms with Crippen LogP contribution in [0.15, 0.2) is 42.5 Å². The molecule has 2 heterocycles. The molecule has 0 bridgehead atoms. The largest absolute Gasteiger partial charge is 0.365 e. The molecule has 2 amide bonds. The van der Waals surface area contributed by atoms with E-state index in [-0.39, 0.29) is 5.91 Å². The number of rotatable bonds is 6. The Kier molecular flexibility index (Phi) is 6.68. The number of hydrogen-bond donors (Lipinski definition) is 2. The number of nitrogens with zero attached hydrogens (tertiary/aromatic N) is 2. The van der Waals surface area contributed by atoms with Crippen molar-refractivity contribution in [2.24, 2.45) is 11.7 Å². The van der Waals surface area contributed by atoms with Crippen LogP contribution in [0.3, 0.4) is 0 Å². The average molecular weight is 477 g/mol. The van der Waals surface area contributed by atoms with E-state index in [1.54, 1.807) is 0 Å². The molecule has 1 aliphatic carbocycles. The number of primary amides is 1. The van der Waals surface area contributed by atoms with Crippen molar-refractivity contribution in [3.05, 3.63) is 64.0 Å². The van der Waals surface area contributed by atoms with Gasteiger partial charge in [-0.2, -0.15) is 0 Å². The first-order valence-corrected chi connectivity index (χ1v) is 12.9. The molecule has 0 unspecified atom stereocenters. The van der Waals surface area contributed by atoms with Crippen LogP contribution in [0.2, 0.25) is 0 Å². The highest BCUT2D eigenvalue weighted by Crippen LogP contribution is 2.39. The van der Waals surface area contributed by atoms with Crippen molar-refractivity contribution in [1.29, 1.82) is 0 Å². The number of nitrogens with two attached hydrogens (primary N) is 1. The van der Waals surface area contributed by atoms with Gasteiger partial charge in [-0.1, -0.05) is 49.4 Å². The summed E-state index contributed by atoms with van der Waals surface area (Å²) in [5.41, 5.74) is 8.61. The Morgan fingerprint density at radius 3 is 2.59 bits per heavy atom. The van der Waals surface area contributed by atoms with Crippen LogP contribution < -0.4 is 11.1 Å². The van der Waals surface area contributed by atoms with Gasteiger partial charge in [0, 0.05) is 37.6 Å². The van der Waals surface area contributed by atoms with Crippen molar-refractivity contribution in [3.8, 4) is 0 Å². The number of anilines is 1. The monoisotopic (exact) mass is 476 g/mol. The second kappa shape index (κ2) is 9.86. The van der Waals surface area contributed by atoms with Crippen molar-refractivity contribution in [1.82, 2.24) is 9.80 Å². The maximum absolute atomic E-state index is 12.8. The molecule has 1 atom stereocenters. The Balaban J connectivity index is 1.17. The number of benzene rings is 2. The number of carbonyl (C=O) groups is 2. The molecule has 1 saturated heterocycles. The zero-order valence-electron chi connectivity index (χ0n) is 19.7. The van der Waals surface area contributed by atoms with Gasteiger partial charge < -0.3 is 11.1 Å². The maximum Gasteiger partial charge on any atom is 0.251 e. The smallest absolute Gasteiger partial charge is 0.251 e. The molecule has 5 rings (SSSR count). The third-order valence-electron chi connectivity index (χ3n) is 7.12. The SMILES string of the molecule is C[C@H]1CCc2c(sc(NC(=O)CN3CCN(Cc4cccc5ccccc45)CC3)c2C(N)=O)C1. The van der Waals surface area contributed by atoms with Gasteiger partial charge >= 0.3 is 0 Å². The van der Waals surface area contributed by atoms with Gasteiger partial charge in [0.1, 0.15) is 5.00 Å². The van der Waals surface area contributed by atoms with E-state index in [2.05, 4.69) is 64.5 Å². The minimum atomic E-state index is -0.440. The third kappa shape index (κ3) is 4.87. The normalized spacial score (nSPS) is 19.1. The summed E-state index contributed by atoms with van der Waals surface area (Å²) >= 11 is 1.53. The molecule has 0 radical (unpaired) electrons. The van der Waals surface area contributed by atoms with E-state index in [4.69, 9.17) is 5.73 Å². The standard InChI is InChI=1S/C27H32N4O2S/c1-18-9-10-22-23(15-18)34-27(25(22)26(28)33)29-24(32)17-31-13-11-30(12-14-31)16-20-7-4-6-19-5-2-3-8-21(19)20/h2-8,18H,9-17H2,1H3,(H2,28,33)(H,29,32)/t18-/m0/s1. The molecular weight excluding hydrogens is 444 g/mol. The summed E-state index contributed by atoms with van der Waals surface area (Å²) in [6, 6.07) is 15.0. The summed E-state index contributed by atoms with van der Waals surface area (Å²) < 4.78 is 0. The molecule has 3 N–H and O–H groups in total. The number of piperazine rings is 1. The van der Waals surface area contributed by atoms with Crippen molar-refractivity contribution in [2.45, 2.75) is 32.7 Å². The molecule has 6 nitrogen and oxygen atoms in total. The molecule has 1 fully saturated rings. The summed E-state index contributed by atoms with van der Waals surface area (Å²) in [5, 5.41) is 6.22. The van der Waals surface area contributed by atoms with Crippen LogP contribution in [-0.2, 0) is 24.2 Å². The van der Waals surface area contributed by atoms with Gasteiger partial charge in [0.2, 0.25) is 5.91 Å². The highest BCUT2D eigenvalue weighted by atomic mass is 32.1. The Morgan fingerprint density at radius 2 is 1.79 bits per heavy atom. The van der Waals surface area contributed by atoms with Crippen LogP contribution in [0.5, 0.6) is 0 Å². The summed E-state index contributed by atoms with van der Waals surface area (Å²) in [6.07, 6.45) is 2.87. The first-order valence-electron chi connectivity index (χ1n) is 12.1. The fraction of sp³-hybridized carbons (Fsp3) is 0.407. The van der Waals surface area contributed by atoms with Gasteiger partial charge in [0.25, 0.3) is 5.91 Å². The lowest BCUT2D eigenvalue weighted by Crippen LogP contribution is -2.48. The fourth-order valence-corrected chi connectivity index (χ4v) is 6.68. The second-order valence-electron chi connectivity index (χ2n) is 9.66. The average Bonchev–Trinajstić information content (AvgIpc) is 3.17. The van der Waals surface area contributed by atoms with Gasteiger partial charge in [-0.15, -0.1) is 11.3 Å². The molecule has 0 spiro atoms. The minimum Gasteiger partial charge on any atom is -0.365 e. The summed E-state index contributed by atoms with van der Waals surface area (Å²) in [6.45, 7) is 7.02. The first-order chi connectivity index (χ1) is 16.5. The molecule has 1 aromatic heterocycles. The zero-order valence-corrected chi connectivity index (χ0v) is 20.5. The van der Waals surface area contributed by atoms with Crippen molar-refractivity contribution < 1.29 is 9.59 Å². The van der Waals surface area contributed by atoms with Crippen molar-refractivity contribution in [2.75, 3.05) is 38.0 Å². The van der Waals surface area contributed by atoms with E-state index in [1.807, 2.05) is 0 Å². The van der Waals surface area contributed by atoms with Crippen molar-refractivity contribution in [3.63, 3.8) is 0 Å². The minimum absolute atomic E-state index is 0.0725. The molecule has 0 saturated carbocycles.